The zero-order valence-electron chi connectivity index (χ0n) is 17.9. The Bertz CT molecular complexity index is 1170. The maximum absolute atomic E-state index is 13.1. The van der Waals surface area contributed by atoms with Crippen LogP contribution in [0.5, 0.6) is 0 Å². The van der Waals surface area contributed by atoms with Crippen molar-refractivity contribution in [3.63, 3.8) is 0 Å². The second-order valence-electron chi connectivity index (χ2n) is 7.31. The number of carbonyl (C=O) groups excluding carboxylic acids is 1. The van der Waals surface area contributed by atoms with Crippen molar-refractivity contribution in [3.05, 3.63) is 95.8 Å². The van der Waals surface area contributed by atoms with Crippen LogP contribution in [0.15, 0.2) is 78.6 Å². The van der Waals surface area contributed by atoms with E-state index in [-0.39, 0.29) is 29.9 Å². The second kappa shape index (κ2) is 9.75. The molecule has 1 heterocycles. The van der Waals surface area contributed by atoms with Crippen molar-refractivity contribution in [2.24, 2.45) is 0 Å². The zero-order valence-corrected chi connectivity index (χ0v) is 18.7. The van der Waals surface area contributed by atoms with Crippen molar-refractivity contribution in [1.82, 2.24) is 14.5 Å². The second-order valence-corrected chi connectivity index (χ2v) is 9.19. The number of nitrogens with zero attached hydrogens (tertiary/aromatic N) is 3. The Labute approximate surface area is 183 Å². The van der Waals surface area contributed by atoms with E-state index in [1.54, 1.807) is 33.7 Å². The number of allylic oxidation sites excluding steroid dienone is 1. The van der Waals surface area contributed by atoms with Crippen LogP contribution in [0.1, 0.15) is 34.1 Å². The largest absolute Gasteiger partial charge is 0.333 e. The Hall–Kier alpha value is -3.19. The van der Waals surface area contributed by atoms with Crippen LogP contribution in [0.3, 0.4) is 0 Å². The first kappa shape index (κ1) is 22.5. The number of hydrogen-bond acceptors (Lipinski definition) is 4. The SMILES string of the molecule is C=CCn1c(CN(CC)C(=O)c2ccccc2C)cnc1S(=O)(=O)Cc1ccccc1. The highest BCUT2D eigenvalue weighted by atomic mass is 32.2. The van der Waals surface area contributed by atoms with Crippen LogP contribution in [-0.4, -0.2) is 35.3 Å². The molecule has 3 aromatic rings. The lowest BCUT2D eigenvalue weighted by Crippen LogP contribution is -2.32. The molecule has 1 amide bonds. The average Bonchev–Trinajstić information content (AvgIpc) is 3.16. The number of aromatic nitrogens is 2. The molecule has 1 aromatic heterocycles. The lowest BCUT2D eigenvalue weighted by Gasteiger charge is -2.22. The van der Waals surface area contributed by atoms with Gasteiger partial charge >= 0.3 is 0 Å². The van der Waals surface area contributed by atoms with Gasteiger partial charge in [-0.15, -0.1) is 6.58 Å². The van der Waals surface area contributed by atoms with Gasteiger partial charge in [-0.25, -0.2) is 13.4 Å². The number of benzene rings is 2. The van der Waals surface area contributed by atoms with Crippen molar-refractivity contribution < 1.29 is 13.2 Å². The van der Waals surface area contributed by atoms with E-state index in [4.69, 9.17) is 0 Å². The van der Waals surface area contributed by atoms with E-state index in [1.165, 1.54) is 6.20 Å². The van der Waals surface area contributed by atoms with E-state index < -0.39 is 9.84 Å². The molecule has 0 bridgehead atoms. The Morgan fingerprint density at radius 1 is 1.13 bits per heavy atom. The Kier molecular flexibility index (Phi) is 7.07. The van der Waals surface area contributed by atoms with Crippen LogP contribution in [0.4, 0.5) is 0 Å². The third kappa shape index (κ3) is 5.11. The lowest BCUT2D eigenvalue weighted by molar-refractivity contribution is 0.0748. The van der Waals surface area contributed by atoms with Gasteiger partial charge < -0.3 is 9.47 Å². The van der Waals surface area contributed by atoms with Gasteiger partial charge in [0.2, 0.25) is 15.0 Å². The van der Waals surface area contributed by atoms with Gasteiger partial charge in [-0.2, -0.15) is 0 Å². The summed E-state index contributed by atoms with van der Waals surface area (Å²) >= 11 is 0. The fourth-order valence-corrected chi connectivity index (χ4v) is 4.96. The summed E-state index contributed by atoms with van der Waals surface area (Å²) in [5, 5.41) is -0.00866. The molecule has 0 aliphatic carbocycles. The molecule has 0 N–H and O–H groups in total. The first-order chi connectivity index (χ1) is 14.9. The summed E-state index contributed by atoms with van der Waals surface area (Å²) in [5.74, 6) is -0.234. The van der Waals surface area contributed by atoms with E-state index in [2.05, 4.69) is 11.6 Å². The molecular weight excluding hydrogens is 410 g/mol. The number of rotatable bonds is 9. The minimum Gasteiger partial charge on any atom is -0.333 e. The smallest absolute Gasteiger partial charge is 0.254 e. The Morgan fingerprint density at radius 2 is 1.81 bits per heavy atom. The first-order valence-corrected chi connectivity index (χ1v) is 11.8. The highest BCUT2D eigenvalue weighted by Gasteiger charge is 2.25. The normalized spacial score (nSPS) is 11.3. The van der Waals surface area contributed by atoms with Crippen molar-refractivity contribution in [2.45, 2.75) is 37.8 Å². The Morgan fingerprint density at radius 3 is 2.45 bits per heavy atom. The minimum atomic E-state index is -3.67. The van der Waals surface area contributed by atoms with Gasteiger partial charge in [0, 0.05) is 18.7 Å². The van der Waals surface area contributed by atoms with Crippen LogP contribution in [0, 0.1) is 6.92 Å². The molecule has 0 aliphatic rings. The number of hydrogen-bond donors (Lipinski definition) is 0. The third-order valence-electron chi connectivity index (χ3n) is 5.09. The number of carbonyl (C=O) groups is 1. The van der Waals surface area contributed by atoms with E-state index in [0.29, 0.717) is 23.4 Å². The fourth-order valence-electron chi connectivity index (χ4n) is 3.45. The minimum absolute atomic E-state index is 0.00866. The summed E-state index contributed by atoms with van der Waals surface area (Å²) < 4.78 is 27.8. The molecule has 6 nitrogen and oxygen atoms in total. The van der Waals surface area contributed by atoms with Gasteiger partial charge in [-0.3, -0.25) is 4.79 Å². The van der Waals surface area contributed by atoms with Crippen molar-refractivity contribution in [2.75, 3.05) is 6.54 Å². The molecule has 0 aliphatic heterocycles. The molecule has 0 unspecified atom stereocenters. The highest BCUT2D eigenvalue weighted by molar-refractivity contribution is 7.90. The van der Waals surface area contributed by atoms with E-state index in [1.807, 2.05) is 50.2 Å². The fraction of sp³-hybridized carbons (Fsp3) is 0.250. The van der Waals surface area contributed by atoms with Crippen molar-refractivity contribution in [1.29, 1.82) is 0 Å². The van der Waals surface area contributed by atoms with Crippen LogP contribution in [0.2, 0.25) is 0 Å². The molecule has 0 saturated heterocycles. The number of amides is 1. The average molecular weight is 438 g/mol. The molecule has 162 valence electrons. The van der Waals surface area contributed by atoms with Gasteiger partial charge in [0.15, 0.2) is 0 Å². The van der Waals surface area contributed by atoms with Gasteiger partial charge in [0.05, 0.1) is 24.2 Å². The first-order valence-electron chi connectivity index (χ1n) is 10.1. The summed E-state index contributed by atoms with van der Waals surface area (Å²) in [4.78, 5) is 19.0. The Balaban J connectivity index is 1.91. The molecule has 0 fully saturated rings. The van der Waals surface area contributed by atoms with Gasteiger partial charge in [0.1, 0.15) is 0 Å². The standard InChI is InChI=1S/C24H27N3O3S/c1-4-15-27-21(17-26(5-2)23(28)22-14-10-9-11-19(22)3)16-25-24(27)31(29,30)18-20-12-7-6-8-13-20/h4,6-14,16H,1,5,15,17-18H2,2-3H3. The third-order valence-corrected chi connectivity index (χ3v) is 6.68. The molecule has 31 heavy (non-hydrogen) atoms. The van der Waals surface area contributed by atoms with Gasteiger partial charge in [0.25, 0.3) is 5.91 Å². The van der Waals surface area contributed by atoms with Crippen molar-refractivity contribution in [3.8, 4) is 0 Å². The lowest BCUT2D eigenvalue weighted by atomic mass is 10.1. The van der Waals surface area contributed by atoms with Gasteiger partial charge in [-0.05, 0) is 31.0 Å². The molecule has 7 heteroatoms. The van der Waals surface area contributed by atoms with Gasteiger partial charge in [-0.1, -0.05) is 54.6 Å². The quantitative estimate of drug-likeness (QED) is 0.474. The predicted molar refractivity (Wildman–Crippen MR) is 121 cm³/mol. The van der Waals surface area contributed by atoms with Crippen molar-refractivity contribution >= 4 is 15.7 Å². The van der Waals surface area contributed by atoms with E-state index in [9.17, 15) is 13.2 Å². The monoisotopic (exact) mass is 437 g/mol. The van der Waals surface area contributed by atoms with Crippen LogP contribution < -0.4 is 0 Å². The summed E-state index contributed by atoms with van der Waals surface area (Å²) in [6.45, 7) is 8.58. The van der Waals surface area contributed by atoms with Crippen LogP contribution in [-0.2, 0) is 28.7 Å². The molecule has 2 aromatic carbocycles. The molecule has 0 atom stereocenters. The van der Waals surface area contributed by atoms with Crippen LogP contribution in [0.25, 0.3) is 0 Å². The van der Waals surface area contributed by atoms with E-state index in [0.717, 1.165) is 5.56 Å². The maximum atomic E-state index is 13.1. The molecule has 3 rings (SSSR count). The topological polar surface area (TPSA) is 72.3 Å². The number of imidazole rings is 1. The molecule has 0 radical (unpaired) electrons. The maximum Gasteiger partial charge on any atom is 0.254 e. The summed E-state index contributed by atoms with van der Waals surface area (Å²) in [5.41, 5.74) is 2.88. The predicted octanol–water partition coefficient (Wildman–Crippen LogP) is 4.01. The molecule has 0 spiro atoms. The number of aryl methyl sites for hydroxylation is 1. The summed E-state index contributed by atoms with van der Waals surface area (Å²) in [6.07, 6.45) is 3.17. The summed E-state index contributed by atoms with van der Waals surface area (Å²) in [7, 11) is -3.67. The number of sulfone groups is 1. The highest BCUT2D eigenvalue weighted by Crippen LogP contribution is 2.20. The zero-order chi connectivity index (χ0) is 22.4. The molecule has 0 saturated carbocycles. The van der Waals surface area contributed by atoms with Crippen LogP contribution >= 0.6 is 0 Å². The van der Waals surface area contributed by atoms with E-state index >= 15 is 0 Å². The summed E-state index contributed by atoms with van der Waals surface area (Å²) in [6, 6.07) is 16.4. The molecular formula is C24H27N3O3S.